The van der Waals surface area contributed by atoms with Gasteiger partial charge in [-0.05, 0) is 42.8 Å². The van der Waals surface area contributed by atoms with E-state index in [0.717, 1.165) is 0 Å². The molecule has 0 aromatic heterocycles. The summed E-state index contributed by atoms with van der Waals surface area (Å²) in [7, 11) is 2.77. The second kappa shape index (κ2) is 11.3. The molecule has 0 fully saturated rings. The van der Waals surface area contributed by atoms with Crippen molar-refractivity contribution in [2.45, 2.75) is 6.92 Å². The molecule has 0 aliphatic carbocycles. The van der Waals surface area contributed by atoms with Crippen molar-refractivity contribution >= 4 is 29.6 Å². The fraction of sp³-hybridized carbons (Fsp3) is 0.227. The second-order valence-electron chi connectivity index (χ2n) is 5.87. The van der Waals surface area contributed by atoms with E-state index in [-0.39, 0.29) is 11.3 Å². The third kappa shape index (κ3) is 6.37. The lowest BCUT2D eigenvalue weighted by Crippen LogP contribution is -2.21. The monoisotopic (exact) mass is 413 g/mol. The second-order valence-corrected chi connectivity index (χ2v) is 5.87. The Morgan fingerprint density at radius 3 is 2.50 bits per heavy atom. The van der Waals surface area contributed by atoms with E-state index < -0.39 is 24.5 Å². The van der Waals surface area contributed by atoms with Gasteiger partial charge in [0.05, 0.1) is 32.1 Å². The van der Waals surface area contributed by atoms with Crippen LogP contribution < -0.4 is 14.8 Å². The van der Waals surface area contributed by atoms with Gasteiger partial charge in [0.2, 0.25) is 0 Å². The number of para-hydroxylation sites is 1. The number of carbonyl (C=O) groups is 3. The van der Waals surface area contributed by atoms with Gasteiger partial charge in [0.1, 0.15) is 0 Å². The SMILES string of the molecule is CCOc1ccc(/C=C/C(=O)OCC(=O)Nc2ccccc2C(=O)OC)cc1OC. The molecule has 158 valence electrons. The third-order valence-corrected chi connectivity index (χ3v) is 3.85. The molecule has 1 N–H and O–H groups in total. The molecule has 1 amide bonds. The summed E-state index contributed by atoms with van der Waals surface area (Å²) in [6.45, 7) is 1.86. The number of methoxy groups -OCH3 is 2. The Labute approximate surface area is 174 Å². The van der Waals surface area contributed by atoms with E-state index in [1.165, 1.54) is 32.4 Å². The normalized spacial score (nSPS) is 10.4. The molecule has 0 saturated carbocycles. The van der Waals surface area contributed by atoms with Gasteiger partial charge in [-0.1, -0.05) is 18.2 Å². The molecule has 8 nitrogen and oxygen atoms in total. The molecule has 0 atom stereocenters. The maximum Gasteiger partial charge on any atom is 0.339 e. The number of hydrogen-bond acceptors (Lipinski definition) is 7. The third-order valence-electron chi connectivity index (χ3n) is 3.85. The number of esters is 2. The van der Waals surface area contributed by atoms with Crippen LogP contribution in [0.1, 0.15) is 22.8 Å². The van der Waals surface area contributed by atoms with Crippen molar-refractivity contribution in [2.75, 3.05) is 32.8 Å². The minimum absolute atomic E-state index is 0.198. The topological polar surface area (TPSA) is 100 Å². The summed E-state index contributed by atoms with van der Waals surface area (Å²) in [5, 5.41) is 2.52. The Morgan fingerprint density at radius 1 is 1.03 bits per heavy atom. The first-order chi connectivity index (χ1) is 14.5. The number of hydrogen-bond donors (Lipinski definition) is 1. The van der Waals surface area contributed by atoms with Gasteiger partial charge in [0.15, 0.2) is 18.1 Å². The lowest BCUT2D eigenvalue weighted by molar-refractivity contribution is -0.142. The minimum Gasteiger partial charge on any atom is -0.493 e. The number of carbonyl (C=O) groups excluding carboxylic acids is 3. The molecule has 0 radical (unpaired) electrons. The van der Waals surface area contributed by atoms with E-state index in [0.29, 0.717) is 23.7 Å². The van der Waals surface area contributed by atoms with Crippen molar-refractivity contribution in [1.82, 2.24) is 0 Å². The van der Waals surface area contributed by atoms with Crippen molar-refractivity contribution in [3.05, 3.63) is 59.7 Å². The molecule has 2 aromatic rings. The van der Waals surface area contributed by atoms with E-state index in [4.69, 9.17) is 14.2 Å². The zero-order valence-corrected chi connectivity index (χ0v) is 17.0. The van der Waals surface area contributed by atoms with Gasteiger partial charge in [-0.3, -0.25) is 4.79 Å². The van der Waals surface area contributed by atoms with Crippen molar-refractivity contribution in [1.29, 1.82) is 0 Å². The van der Waals surface area contributed by atoms with Crippen LogP contribution in [0.5, 0.6) is 11.5 Å². The molecule has 0 spiro atoms. The summed E-state index contributed by atoms with van der Waals surface area (Å²) < 4.78 is 20.3. The molecular weight excluding hydrogens is 390 g/mol. The highest BCUT2D eigenvalue weighted by molar-refractivity contribution is 6.02. The number of anilines is 1. The largest absolute Gasteiger partial charge is 0.493 e. The highest BCUT2D eigenvalue weighted by Crippen LogP contribution is 2.28. The summed E-state index contributed by atoms with van der Waals surface area (Å²) >= 11 is 0. The lowest BCUT2D eigenvalue weighted by Gasteiger charge is -2.10. The Morgan fingerprint density at radius 2 is 1.80 bits per heavy atom. The van der Waals surface area contributed by atoms with E-state index >= 15 is 0 Å². The van der Waals surface area contributed by atoms with Crippen LogP contribution in [0.3, 0.4) is 0 Å². The van der Waals surface area contributed by atoms with Gasteiger partial charge in [-0.25, -0.2) is 9.59 Å². The molecule has 0 bridgehead atoms. The van der Waals surface area contributed by atoms with Gasteiger partial charge < -0.3 is 24.3 Å². The fourth-order valence-corrected chi connectivity index (χ4v) is 2.48. The van der Waals surface area contributed by atoms with E-state index in [2.05, 4.69) is 10.1 Å². The van der Waals surface area contributed by atoms with E-state index in [1.54, 1.807) is 36.4 Å². The summed E-state index contributed by atoms with van der Waals surface area (Å²) in [6.07, 6.45) is 2.73. The lowest BCUT2D eigenvalue weighted by atomic mass is 10.2. The maximum atomic E-state index is 12.0. The highest BCUT2D eigenvalue weighted by Gasteiger charge is 2.14. The van der Waals surface area contributed by atoms with Crippen LogP contribution in [0.2, 0.25) is 0 Å². The van der Waals surface area contributed by atoms with Crippen LogP contribution in [0.25, 0.3) is 6.08 Å². The number of benzene rings is 2. The number of rotatable bonds is 9. The summed E-state index contributed by atoms with van der Waals surface area (Å²) in [4.78, 5) is 35.7. The van der Waals surface area contributed by atoms with Crippen LogP contribution in [0.4, 0.5) is 5.69 Å². The van der Waals surface area contributed by atoms with Crippen molar-refractivity contribution in [2.24, 2.45) is 0 Å². The van der Waals surface area contributed by atoms with Crippen LogP contribution in [-0.4, -0.2) is 45.3 Å². The van der Waals surface area contributed by atoms with Gasteiger partial charge >= 0.3 is 11.9 Å². The molecule has 0 unspecified atom stereocenters. The van der Waals surface area contributed by atoms with Crippen LogP contribution >= 0.6 is 0 Å². The number of ether oxygens (including phenoxy) is 4. The average Bonchev–Trinajstić information content (AvgIpc) is 2.77. The van der Waals surface area contributed by atoms with Crippen molar-refractivity contribution < 1.29 is 33.3 Å². The molecular formula is C22H23NO7. The first-order valence-corrected chi connectivity index (χ1v) is 9.11. The first-order valence-electron chi connectivity index (χ1n) is 9.11. The predicted molar refractivity (Wildman–Crippen MR) is 111 cm³/mol. The number of nitrogens with one attached hydrogen (secondary N) is 1. The van der Waals surface area contributed by atoms with Gasteiger partial charge in [0.25, 0.3) is 5.91 Å². The molecule has 30 heavy (non-hydrogen) atoms. The van der Waals surface area contributed by atoms with E-state index in [9.17, 15) is 14.4 Å². The van der Waals surface area contributed by atoms with Crippen LogP contribution in [0, 0.1) is 0 Å². The molecule has 8 heteroatoms. The van der Waals surface area contributed by atoms with Crippen LogP contribution in [0.15, 0.2) is 48.5 Å². The average molecular weight is 413 g/mol. The molecule has 2 rings (SSSR count). The molecule has 0 saturated heterocycles. The Kier molecular flexibility index (Phi) is 8.43. The quantitative estimate of drug-likeness (QED) is 0.498. The standard InChI is InChI=1S/C22H23NO7/c1-4-29-18-11-9-15(13-19(18)27-2)10-12-21(25)30-14-20(24)23-17-8-6-5-7-16(17)22(26)28-3/h5-13H,4,14H2,1-3H3,(H,23,24)/b12-10+. The highest BCUT2D eigenvalue weighted by atomic mass is 16.5. The number of amides is 1. The smallest absolute Gasteiger partial charge is 0.339 e. The Balaban J connectivity index is 1.92. The molecule has 0 heterocycles. The van der Waals surface area contributed by atoms with Gasteiger partial charge in [-0.2, -0.15) is 0 Å². The molecule has 2 aromatic carbocycles. The fourth-order valence-electron chi connectivity index (χ4n) is 2.48. The first kappa shape index (κ1) is 22.5. The van der Waals surface area contributed by atoms with Crippen LogP contribution in [-0.2, 0) is 19.1 Å². The van der Waals surface area contributed by atoms with Crippen molar-refractivity contribution in [3.8, 4) is 11.5 Å². The van der Waals surface area contributed by atoms with Crippen molar-refractivity contribution in [3.63, 3.8) is 0 Å². The summed E-state index contributed by atoms with van der Waals surface area (Å²) in [5.41, 5.74) is 1.16. The molecule has 0 aliphatic heterocycles. The van der Waals surface area contributed by atoms with Gasteiger partial charge in [-0.15, -0.1) is 0 Å². The predicted octanol–water partition coefficient (Wildman–Crippen LogP) is 3.08. The minimum atomic E-state index is -0.695. The summed E-state index contributed by atoms with van der Waals surface area (Å²) in [5.74, 6) is -0.730. The summed E-state index contributed by atoms with van der Waals surface area (Å²) in [6, 6.07) is 11.6. The van der Waals surface area contributed by atoms with Gasteiger partial charge in [0, 0.05) is 6.08 Å². The molecule has 0 aliphatic rings. The van der Waals surface area contributed by atoms with E-state index in [1.807, 2.05) is 6.92 Å². The maximum absolute atomic E-state index is 12.0. The zero-order valence-electron chi connectivity index (χ0n) is 17.0. The zero-order chi connectivity index (χ0) is 21.9. The Bertz CT molecular complexity index is 937. The Hall–Kier alpha value is -3.81.